The van der Waals surface area contributed by atoms with Gasteiger partial charge in [0.05, 0.1) is 18.3 Å². The summed E-state index contributed by atoms with van der Waals surface area (Å²) in [5.41, 5.74) is 0.225. The van der Waals surface area contributed by atoms with Crippen LogP contribution in [0.4, 0.5) is 0 Å². The fourth-order valence-corrected chi connectivity index (χ4v) is 2.09. The lowest BCUT2D eigenvalue weighted by Gasteiger charge is -2.27. The Balaban J connectivity index is 2.32. The lowest BCUT2D eigenvalue weighted by molar-refractivity contribution is 0.0593. The second kappa shape index (κ2) is 6.95. The molecule has 116 valence electrons. The zero-order valence-corrected chi connectivity index (χ0v) is 12.7. The van der Waals surface area contributed by atoms with Crippen LogP contribution in [0.3, 0.4) is 0 Å². The quantitative estimate of drug-likeness (QED) is 0.887. The first-order valence-corrected chi connectivity index (χ1v) is 6.77. The summed E-state index contributed by atoms with van der Waals surface area (Å²) in [5, 5.41) is 0. The predicted octanol–water partition coefficient (Wildman–Crippen LogP) is 0.933. The van der Waals surface area contributed by atoms with Crippen LogP contribution in [0.2, 0.25) is 0 Å². The summed E-state index contributed by atoms with van der Waals surface area (Å²) in [6.07, 6.45) is 2.94. The Bertz CT molecular complexity index is 699. The molecule has 1 amide bonds. The summed E-state index contributed by atoms with van der Waals surface area (Å²) in [4.78, 5) is 36.7. The van der Waals surface area contributed by atoms with E-state index in [1.807, 2.05) is 12.1 Å². The molecule has 0 saturated carbocycles. The van der Waals surface area contributed by atoms with Crippen molar-refractivity contribution in [1.29, 1.82) is 0 Å². The summed E-state index contributed by atoms with van der Waals surface area (Å²) in [7, 11) is 3.16. The van der Waals surface area contributed by atoms with Crippen LogP contribution < -0.4 is 5.56 Å². The van der Waals surface area contributed by atoms with Crippen LogP contribution in [0.15, 0.2) is 35.4 Å². The lowest BCUT2D eigenvalue weighted by atomic mass is 10.1. The standard InChI is InChI=1S/C15H18N4O3/c1-10-17-8-11(14(20)18-10)15(21)19(2)13(9-22-3)12-6-4-5-7-16-12/h4-8,13H,9H2,1-3H3,(H,17,18,20)/t13-/m1/s1. The number of H-pyrrole nitrogens is 1. The van der Waals surface area contributed by atoms with Gasteiger partial charge in [0.15, 0.2) is 0 Å². The molecule has 2 rings (SSSR count). The van der Waals surface area contributed by atoms with Crippen molar-refractivity contribution in [3.8, 4) is 0 Å². The Hall–Kier alpha value is -2.54. The molecule has 2 aromatic heterocycles. The number of aryl methyl sites for hydroxylation is 1. The number of carbonyl (C=O) groups is 1. The number of rotatable bonds is 5. The molecule has 0 saturated heterocycles. The van der Waals surface area contributed by atoms with E-state index in [4.69, 9.17) is 4.74 Å². The van der Waals surface area contributed by atoms with Crippen molar-refractivity contribution in [3.63, 3.8) is 0 Å². The van der Waals surface area contributed by atoms with Gasteiger partial charge in [-0.2, -0.15) is 0 Å². The van der Waals surface area contributed by atoms with Gasteiger partial charge in [-0.1, -0.05) is 6.07 Å². The molecule has 1 N–H and O–H groups in total. The molecule has 0 aliphatic heterocycles. The highest BCUT2D eigenvalue weighted by atomic mass is 16.5. The number of nitrogens with zero attached hydrogens (tertiary/aromatic N) is 3. The molecule has 0 unspecified atom stereocenters. The molecular weight excluding hydrogens is 284 g/mol. The normalized spacial score (nSPS) is 12.0. The molecule has 0 bridgehead atoms. The Morgan fingerprint density at radius 2 is 2.18 bits per heavy atom. The summed E-state index contributed by atoms with van der Waals surface area (Å²) in [6, 6.07) is 5.05. The first kappa shape index (κ1) is 15.8. The Labute approximate surface area is 128 Å². The van der Waals surface area contributed by atoms with Gasteiger partial charge in [-0.3, -0.25) is 14.6 Å². The minimum atomic E-state index is -0.457. The number of aromatic amines is 1. The average molecular weight is 302 g/mol. The van der Waals surface area contributed by atoms with Crippen LogP contribution in [0.5, 0.6) is 0 Å². The number of ether oxygens (including phenoxy) is 1. The molecule has 7 heteroatoms. The third-order valence-corrected chi connectivity index (χ3v) is 3.30. The van der Waals surface area contributed by atoms with Gasteiger partial charge in [-0.15, -0.1) is 0 Å². The van der Waals surface area contributed by atoms with Crippen LogP contribution in [0, 0.1) is 6.92 Å². The van der Waals surface area contributed by atoms with Gasteiger partial charge < -0.3 is 14.6 Å². The minimum absolute atomic E-state index is 0.00914. The van der Waals surface area contributed by atoms with Crippen molar-refractivity contribution in [2.24, 2.45) is 0 Å². The van der Waals surface area contributed by atoms with Crippen LogP contribution in [0.1, 0.15) is 27.9 Å². The summed E-state index contributed by atoms with van der Waals surface area (Å²) in [5.74, 6) is 0.0313. The van der Waals surface area contributed by atoms with Gasteiger partial charge in [0.1, 0.15) is 11.4 Å². The van der Waals surface area contributed by atoms with E-state index in [0.717, 1.165) is 0 Å². The van der Waals surface area contributed by atoms with E-state index < -0.39 is 11.5 Å². The number of likely N-dealkylation sites (N-methyl/N-ethyl adjacent to an activating group) is 1. The smallest absolute Gasteiger partial charge is 0.263 e. The predicted molar refractivity (Wildman–Crippen MR) is 80.5 cm³/mol. The highest BCUT2D eigenvalue weighted by Gasteiger charge is 2.25. The zero-order chi connectivity index (χ0) is 16.1. The average Bonchev–Trinajstić information content (AvgIpc) is 2.52. The van der Waals surface area contributed by atoms with Crippen molar-refractivity contribution in [2.45, 2.75) is 13.0 Å². The van der Waals surface area contributed by atoms with Crippen LogP contribution in [-0.2, 0) is 4.74 Å². The fraction of sp³-hybridized carbons (Fsp3) is 0.333. The van der Waals surface area contributed by atoms with E-state index in [9.17, 15) is 9.59 Å². The number of pyridine rings is 1. The van der Waals surface area contributed by atoms with E-state index in [-0.39, 0.29) is 18.2 Å². The van der Waals surface area contributed by atoms with Gasteiger partial charge in [-0.05, 0) is 19.1 Å². The molecule has 1 atom stereocenters. The van der Waals surface area contributed by atoms with Crippen molar-refractivity contribution in [3.05, 3.63) is 58.0 Å². The number of carbonyl (C=O) groups excluding carboxylic acids is 1. The third kappa shape index (κ3) is 3.37. The maximum absolute atomic E-state index is 12.5. The molecule has 7 nitrogen and oxygen atoms in total. The number of nitrogens with one attached hydrogen (secondary N) is 1. The highest BCUT2D eigenvalue weighted by molar-refractivity contribution is 5.93. The SMILES string of the molecule is COC[C@H](c1ccccn1)N(C)C(=O)c1cnc(C)[nH]c1=O. The van der Waals surface area contributed by atoms with E-state index in [1.54, 1.807) is 33.3 Å². The number of hydrogen-bond acceptors (Lipinski definition) is 5. The molecule has 0 aromatic carbocycles. The van der Waals surface area contributed by atoms with Crippen LogP contribution in [-0.4, -0.2) is 46.5 Å². The van der Waals surface area contributed by atoms with E-state index in [2.05, 4.69) is 15.0 Å². The third-order valence-electron chi connectivity index (χ3n) is 3.30. The molecule has 0 fully saturated rings. The van der Waals surface area contributed by atoms with Crippen molar-refractivity contribution in [1.82, 2.24) is 19.9 Å². The zero-order valence-electron chi connectivity index (χ0n) is 12.7. The molecule has 2 aromatic rings. The van der Waals surface area contributed by atoms with Crippen molar-refractivity contribution < 1.29 is 9.53 Å². The van der Waals surface area contributed by atoms with Crippen molar-refractivity contribution in [2.75, 3.05) is 20.8 Å². The van der Waals surface area contributed by atoms with Gasteiger partial charge in [0, 0.05) is 26.6 Å². The molecular formula is C15H18N4O3. The fourth-order valence-electron chi connectivity index (χ4n) is 2.09. The first-order chi connectivity index (χ1) is 10.5. The Kier molecular flexibility index (Phi) is 5.00. The molecule has 0 aliphatic rings. The molecule has 22 heavy (non-hydrogen) atoms. The summed E-state index contributed by atoms with van der Waals surface area (Å²) < 4.78 is 5.18. The number of amides is 1. The lowest BCUT2D eigenvalue weighted by Crippen LogP contribution is -2.37. The van der Waals surface area contributed by atoms with Crippen LogP contribution in [0.25, 0.3) is 0 Å². The second-order valence-corrected chi connectivity index (χ2v) is 4.85. The Morgan fingerprint density at radius 1 is 1.41 bits per heavy atom. The maximum atomic E-state index is 12.5. The topological polar surface area (TPSA) is 88.2 Å². The van der Waals surface area contributed by atoms with E-state index >= 15 is 0 Å². The molecule has 0 spiro atoms. The molecule has 0 aliphatic carbocycles. The highest BCUT2D eigenvalue weighted by Crippen LogP contribution is 2.18. The summed E-state index contributed by atoms with van der Waals surface area (Å²) >= 11 is 0. The van der Waals surface area contributed by atoms with Gasteiger partial charge in [0.2, 0.25) is 0 Å². The van der Waals surface area contributed by atoms with Gasteiger partial charge in [0.25, 0.3) is 11.5 Å². The molecule has 0 radical (unpaired) electrons. The van der Waals surface area contributed by atoms with Crippen molar-refractivity contribution >= 4 is 5.91 Å². The van der Waals surface area contributed by atoms with E-state index in [1.165, 1.54) is 11.1 Å². The Morgan fingerprint density at radius 3 is 2.77 bits per heavy atom. The number of hydrogen-bond donors (Lipinski definition) is 1. The second-order valence-electron chi connectivity index (χ2n) is 4.85. The van der Waals surface area contributed by atoms with Gasteiger partial charge >= 0.3 is 0 Å². The largest absolute Gasteiger partial charge is 0.382 e. The van der Waals surface area contributed by atoms with E-state index in [0.29, 0.717) is 11.5 Å². The summed E-state index contributed by atoms with van der Waals surface area (Å²) in [6.45, 7) is 1.93. The van der Waals surface area contributed by atoms with Gasteiger partial charge in [-0.25, -0.2) is 4.98 Å². The number of aromatic nitrogens is 3. The first-order valence-electron chi connectivity index (χ1n) is 6.77. The minimum Gasteiger partial charge on any atom is -0.382 e. The molecule has 2 heterocycles. The van der Waals surface area contributed by atoms with Crippen LogP contribution >= 0.6 is 0 Å². The number of methoxy groups -OCH3 is 1. The maximum Gasteiger partial charge on any atom is 0.263 e. The monoisotopic (exact) mass is 302 g/mol.